The molecule has 0 saturated carbocycles. The monoisotopic (exact) mass is 404 g/mol. The number of alkyl halides is 1. The zero-order valence-electron chi connectivity index (χ0n) is 15.6. The van der Waals surface area contributed by atoms with Gasteiger partial charge >= 0.3 is 0 Å². The Labute approximate surface area is 165 Å². The number of hydrogen-bond acceptors (Lipinski definition) is 4. The van der Waals surface area contributed by atoms with E-state index in [0.717, 1.165) is 6.07 Å². The number of carbonyl (C=O) groups excluding carboxylic acids is 2. The van der Waals surface area contributed by atoms with E-state index in [-0.39, 0.29) is 24.4 Å². The molecule has 29 heavy (non-hydrogen) atoms. The zero-order chi connectivity index (χ0) is 20.9. The van der Waals surface area contributed by atoms with E-state index in [4.69, 9.17) is 5.26 Å². The van der Waals surface area contributed by atoms with Crippen molar-refractivity contribution >= 4 is 18.0 Å². The van der Waals surface area contributed by atoms with Crippen LogP contribution in [0.2, 0.25) is 0 Å². The second-order valence-corrected chi connectivity index (χ2v) is 7.77. The fraction of sp³-hybridized carbons (Fsp3) is 0.500. The summed E-state index contributed by atoms with van der Waals surface area (Å²) in [5.41, 5.74) is 0.617. The third-order valence-corrected chi connectivity index (χ3v) is 5.96. The molecule has 2 heterocycles. The van der Waals surface area contributed by atoms with Gasteiger partial charge in [-0.15, -0.1) is 0 Å². The highest BCUT2D eigenvalue weighted by molar-refractivity contribution is 5.93. The standard InChI is InChI=1S/C20H19F3N4O2/c1-9(19-14(22)4-10(6-24)7-25-19)26-16(28)8-27-15-5-12(20(27)29)11-2-3-13(21)18(23)17(11)15/h2-3,7,9-10,12,14-15,19H,4-5,8H2,1H3,(H,26,28)/t9-,10?,12+,14?,15-,19?/m0/s1. The van der Waals surface area contributed by atoms with Crippen molar-refractivity contribution in [3.8, 4) is 6.07 Å². The Balaban J connectivity index is 1.44. The zero-order valence-corrected chi connectivity index (χ0v) is 15.6. The summed E-state index contributed by atoms with van der Waals surface area (Å²) in [6.07, 6.45) is 0.349. The van der Waals surface area contributed by atoms with Gasteiger partial charge in [0.1, 0.15) is 18.8 Å². The molecule has 2 aliphatic heterocycles. The van der Waals surface area contributed by atoms with Crippen molar-refractivity contribution in [3.05, 3.63) is 34.9 Å². The van der Waals surface area contributed by atoms with Crippen LogP contribution in [0.5, 0.6) is 0 Å². The van der Waals surface area contributed by atoms with E-state index in [1.807, 2.05) is 6.07 Å². The number of nitriles is 1. The van der Waals surface area contributed by atoms with Gasteiger partial charge in [-0.2, -0.15) is 5.26 Å². The highest BCUT2D eigenvalue weighted by atomic mass is 19.2. The summed E-state index contributed by atoms with van der Waals surface area (Å²) < 4.78 is 42.2. The van der Waals surface area contributed by atoms with Crippen LogP contribution in [0.4, 0.5) is 13.2 Å². The molecular formula is C20H19F3N4O2. The number of carbonyl (C=O) groups is 2. The van der Waals surface area contributed by atoms with Crippen LogP contribution in [-0.4, -0.2) is 47.7 Å². The number of nitrogens with one attached hydrogen (secondary N) is 1. The molecule has 2 bridgehead atoms. The molecule has 9 heteroatoms. The molecule has 1 saturated heterocycles. The molecule has 6 atom stereocenters. The van der Waals surface area contributed by atoms with Crippen LogP contribution in [0, 0.1) is 28.9 Å². The molecule has 0 aromatic heterocycles. The second kappa shape index (κ2) is 7.17. The van der Waals surface area contributed by atoms with Gasteiger partial charge in [0.2, 0.25) is 11.8 Å². The van der Waals surface area contributed by atoms with Gasteiger partial charge in [-0.25, -0.2) is 13.2 Å². The molecule has 4 rings (SSSR count). The number of benzene rings is 1. The molecule has 1 aromatic rings. The Morgan fingerprint density at radius 1 is 1.41 bits per heavy atom. The molecule has 152 valence electrons. The van der Waals surface area contributed by atoms with E-state index < -0.39 is 53.7 Å². The first kappa shape index (κ1) is 19.4. The van der Waals surface area contributed by atoms with Gasteiger partial charge in [-0.3, -0.25) is 14.6 Å². The van der Waals surface area contributed by atoms with Crippen molar-refractivity contribution in [2.24, 2.45) is 10.9 Å². The highest BCUT2D eigenvalue weighted by Gasteiger charge is 2.50. The van der Waals surface area contributed by atoms with Gasteiger partial charge in [-0.05, 0) is 25.0 Å². The Bertz CT molecular complexity index is 944. The molecule has 6 nitrogen and oxygen atoms in total. The van der Waals surface area contributed by atoms with Crippen LogP contribution >= 0.6 is 0 Å². The van der Waals surface area contributed by atoms with Crippen LogP contribution in [0.25, 0.3) is 0 Å². The lowest BCUT2D eigenvalue weighted by atomic mass is 9.93. The van der Waals surface area contributed by atoms with E-state index >= 15 is 0 Å². The number of amides is 2. The molecule has 1 aromatic carbocycles. The lowest BCUT2D eigenvalue weighted by Gasteiger charge is -2.31. The topological polar surface area (TPSA) is 85.6 Å². The van der Waals surface area contributed by atoms with E-state index in [1.54, 1.807) is 6.92 Å². The molecule has 2 amide bonds. The summed E-state index contributed by atoms with van der Waals surface area (Å²) in [6.45, 7) is 1.27. The van der Waals surface area contributed by atoms with Gasteiger partial charge in [0, 0.05) is 18.2 Å². The number of likely N-dealkylation sites (tertiary alicyclic amines) is 1. The van der Waals surface area contributed by atoms with Crippen molar-refractivity contribution in [3.63, 3.8) is 0 Å². The molecule has 3 aliphatic rings. The SMILES string of the molecule is C[C@H](NC(=O)CN1C(=O)[C@@H]2C[C@H]1c1c2ccc(F)c1F)C1N=CC(C#N)CC1F. The minimum atomic E-state index is -1.37. The number of rotatable bonds is 4. The number of halogens is 3. The third-order valence-electron chi connectivity index (χ3n) is 5.96. The summed E-state index contributed by atoms with van der Waals surface area (Å²) in [4.78, 5) is 30.3. The summed E-state index contributed by atoms with van der Waals surface area (Å²) in [6, 6.07) is 2.23. The number of aliphatic imine (C=N–C) groups is 1. The lowest BCUT2D eigenvalue weighted by molar-refractivity contribution is -0.136. The minimum absolute atomic E-state index is 0.0147. The molecule has 0 spiro atoms. The van der Waals surface area contributed by atoms with Crippen molar-refractivity contribution in [2.75, 3.05) is 6.54 Å². The third kappa shape index (κ3) is 3.16. The van der Waals surface area contributed by atoms with Crippen molar-refractivity contribution in [1.29, 1.82) is 5.26 Å². The largest absolute Gasteiger partial charge is 0.350 e. The lowest BCUT2D eigenvalue weighted by Crippen LogP contribution is -2.50. The Hall–Kier alpha value is -2.89. The van der Waals surface area contributed by atoms with E-state index in [1.165, 1.54) is 17.2 Å². The number of fused-ring (bicyclic) bond motifs is 5. The van der Waals surface area contributed by atoms with Crippen LogP contribution in [0.15, 0.2) is 17.1 Å². The first-order chi connectivity index (χ1) is 13.8. The van der Waals surface area contributed by atoms with E-state index in [0.29, 0.717) is 12.0 Å². The number of nitrogens with zero attached hydrogens (tertiary/aromatic N) is 3. The Morgan fingerprint density at radius 2 is 2.17 bits per heavy atom. The van der Waals surface area contributed by atoms with Gasteiger partial charge in [0.25, 0.3) is 0 Å². The maximum atomic E-state index is 14.3. The fourth-order valence-corrected chi connectivity index (χ4v) is 4.56. The molecule has 1 fully saturated rings. The molecule has 3 unspecified atom stereocenters. The van der Waals surface area contributed by atoms with E-state index in [9.17, 15) is 22.8 Å². The van der Waals surface area contributed by atoms with E-state index in [2.05, 4.69) is 10.3 Å². The average molecular weight is 404 g/mol. The smallest absolute Gasteiger partial charge is 0.239 e. The van der Waals surface area contributed by atoms with Crippen LogP contribution in [-0.2, 0) is 9.59 Å². The molecular weight excluding hydrogens is 385 g/mol. The quantitative estimate of drug-likeness (QED) is 0.835. The van der Waals surface area contributed by atoms with Crippen molar-refractivity contribution < 1.29 is 22.8 Å². The summed E-state index contributed by atoms with van der Waals surface area (Å²) >= 11 is 0. The summed E-state index contributed by atoms with van der Waals surface area (Å²) in [5, 5.41) is 11.5. The summed E-state index contributed by atoms with van der Waals surface area (Å²) in [7, 11) is 0. The molecule has 1 N–H and O–H groups in total. The number of hydrogen-bond donors (Lipinski definition) is 1. The fourth-order valence-electron chi connectivity index (χ4n) is 4.56. The first-order valence-corrected chi connectivity index (χ1v) is 9.46. The van der Waals surface area contributed by atoms with Gasteiger partial charge in [-0.1, -0.05) is 6.07 Å². The van der Waals surface area contributed by atoms with Gasteiger partial charge in [0.05, 0.1) is 30.0 Å². The van der Waals surface area contributed by atoms with Crippen molar-refractivity contribution in [1.82, 2.24) is 10.2 Å². The van der Waals surface area contributed by atoms with Crippen molar-refractivity contribution in [2.45, 2.75) is 50.0 Å². The minimum Gasteiger partial charge on any atom is -0.350 e. The predicted octanol–water partition coefficient (Wildman–Crippen LogP) is 2.16. The second-order valence-electron chi connectivity index (χ2n) is 7.77. The first-order valence-electron chi connectivity index (χ1n) is 9.46. The van der Waals surface area contributed by atoms with Crippen LogP contribution < -0.4 is 5.32 Å². The molecule has 0 radical (unpaired) electrons. The normalized spacial score (nSPS) is 30.8. The Morgan fingerprint density at radius 3 is 2.86 bits per heavy atom. The van der Waals surface area contributed by atoms with Crippen LogP contribution in [0.3, 0.4) is 0 Å². The Kier molecular flexibility index (Phi) is 4.81. The maximum absolute atomic E-state index is 14.3. The average Bonchev–Trinajstić information content (AvgIpc) is 3.21. The molecule has 1 aliphatic carbocycles. The van der Waals surface area contributed by atoms with Crippen LogP contribution in [0.1, 0.15) is 42.9 Å². The predicted molar refractivity (Wildman–Crippen MR) is 96.7 cm³/mol. The summed E-state index contributed by atoms with van der Waals surface area (Å²) in [5.74, 6) is -3.95. The maximum Gasteiger partial charge on any atom is 0.239 e. The van der Waals surface area contributed by atoms with Gasteiger partial charge < -0.3 is 10.2 Å². The van der Waals surface area contributed by atoms with Gasteiger partial charge in [0.15, 0.2) is 11.6 Å². The highest BCUT2D eigenvalue weighted by Crippen LogP contribution is 2.51.